The van der Waals surface area contributed by atoms with Crippen LogP contribution in [0.3, 0.4) is 0 Å². The number of nitrogens with zero attached hydrogens (tertiary/aromatic N) is 5. The van der Waals surface area contributed by atoms with E-state index < -0.39 is 0 Å². The van der Waals surface area contributed by atoms with Gasteiger partial charge >= 0.3 is 0 Å². The van der Waals surface area contributed by atoms with Crippen LogP contribution in [-0.2, 0) is 10.8 Å². The summed E-state index contributed by atoms with van der Waals surface area (Å²) in [5.74, 6) is 1.53. The highest BCUT2D eigenvalue weighted by Crippen LogP contribution is 2.52. The lowest BCUT2D eigenvalue weighted by molar-refractivity contribution is 0.660. The molecule has 85 heavy (non-hydrogen) atoms. The molecule has 0 bridgehead atoms. The second-order valence-corrected chi connectivity index (χ2v) is 24.5. The van der Waals surface area contributed by atoms with E-state index in [9.17, 15) is 0 Å². The number of benzene rings is 12. The molecule has 0 aliphatic heterocycles. The molecule has 5 nitrogen and oxygen atoms in total. The predicted molar refractivity (Wildman–Crippen MR) is 354 cm³/mol. The summed E-state index contributed by atoms with van der Waals surface area (Å²) < 4.78 is 7.33. The Morgan fingerprint density at radius 2 is 0.671 bits per heavy atom. The SMILES string of the molecule is CC1(C)c2ccccc2-c2ccc(-n3c4ccccc4c4cc(-c5ccc6c7ccc(-c8ccc9c(c8)c8ccccc8n9-c8ccc9c(c8)C(C)(C)c8ccccc8-9)cc7n(-c7nc(-c8ccccc8)nc8ccccc78)c6c5)ccc43)cc21. The van der Waals surface area contributed by atoms with Crippen LogP contribution >= 0.6 is 0 Å². The Balaban J connectivity index is 0.815. The third-order valence-electron chi connectivity index (χ3n) is 19.3. The lowest BCUT2D eigenvalue weighted by atomic mass is 9.82. The summed E-state index contributed by atoms with van der Waals surface area (Å²) in [4.78, 5) is 10.8. The van der Waals surface area contributed by atoms with Crippen molar-refractivity contribution in [2.75, 3.05) is 0 Å². The summed E-state index contributed by atoms with van der Waals surface area (Å²) in [6, 6.07) is 96.6. The zero-order chi connectivity index (χ0) is 56.4. The van der Waals surface area contributed by atoms with Gasteiger partial charge in [-0.05, 0) is 152 Å². The van der Waals surface area contributed by atoms with E-state index >= 15 is 0 Å². The Morgan fingerprint density at radius 3 is 1.21 bits per heavy atom. The molecule has 4 aromatic heterocycles. The summed E-state index contributed by atoms with van der Waals surface area (Å²) >= 11 is 0. The van der Waals surface area contributed by atoms with E-state index in [2.05, 4.69) is 296 Å². The molecule has 0 saturated heterocycles. The molecular formula is C80H55N5. The number of hydrogen-bond acceptors (Lipinski definition) is 2. The van der Waals surface area contributed by atoms with Crippen LogP contribution in [0, 0.1) is 0 Å². The maximum absolute atomic E-state index is 5.56. The van der Waals surface area contributed by atoms with Gasteiger partial charge in [-0.1, -0.05) is 204 Å². The summed E-state index contributed by atoms with van der Waals surface area (Å²) in [7, 11) is 0. The standard InChI is InChI=1S/C80H55N5/c1-79(2)66-25-13-8-20-55(66)57-38-34-53(46-68(57)79)83-71-28-16-11-22-59(71)64-42-49(32-40-73(64)83)51-30-36-61-62-37-31-52(45-76(62)85(75(61)44-51)78-63-24-10-15-27-70(63)81-77(82-78)48-18-6-5-7-19-48)50-33-41-74-65(43-50)60-23-12-17-29-72(60)84(74)54-35-39-58-56-21-9-14-26-67(56)80(3,4)69(58)47-54/h5-47H,1-4H3. The van der Waals surface area contributed by atoms with Crippen molar-refractivity contribution in [2.24, 2.45) is 0 Å². The molecule has 0 atom stereocenters. The van der Waals surface area contributed by atoms with Gasteiger partial charge in [0.2, 0.25) is 0 Å². The van der Waals surface area contributed by atoms with Gasteiger partial charge in [0, 0.05) is 65.5 Å². The lowest BCUT2D eigenvalue weighted by Gasteiger charge is -2.22. The number of aromatic nitrogens is 5. The van der Waals surface area contributed by atoms with E-state index in [0.717, 1.165) is 66.3 Å². The topological polar surface area (TPSA) is 40.6 Å². The van der Waals surface area contributed by atoms with Gasteiger partial charge in [-0.15, -0.1) is 0 Å². The molecule has 0 unspecified atom stereocenters. The van der Waals surface area contributed by atoms with Crippen LogP contribution in [0.2, 0.25) is 0 Å². The molecule has 16 aromatic rings. The van der Waals surface area contributed by atoms with E-state index in [-0.39, 0.29) is 10.8 Å². The number of fused-ring (bicyclic) bond motifs is 16. The summed E-state index contributed by atoms with van der Waals surface area (Å²) in [6.45, 7) is 9.45. The molecule has 0 fully saturated rings. The summed E-state index contributed by atoms with van der Waals surface area (Å²) in [5, 5.41) is 8.20. The minimum Gasteiger partial charge on any atom is -0.309 e. The maximum Gasteiger partial charge on any atom is 0.162 e. The predicted octanol–water partition coefficient (Wildman–Crippen LogP) is 20.5. The smallest absolute Gasteiger partial charge is 0.162 e. The van der Waals surface area contributed by atoms with Crippen LogP contribution < -0.4 is 0 Å². The van der Waals surface area contributed by atoms with Crippen molar-refractivity contribution in [3.05, 3.63) is 283 Å². The van der Waals surface area contributed by atoms with Crippen molar-refractivity contribution in [3.63, 3.8) is 0 Å². The van der Waals surface area contributed by atoms with E-state index in [1.165, 1.54) is 99.5 Å². The third kappa shape index (κ3) is 6.81. The molecule has 5 heteroatoms. The van der Waals surface area contributed by atoms with E-state index in [0.29, 0.717) is 5.82 Å². The van der Waals surface area contributed by atoms with Crippen molar-refractivity contribution >= 4 is 76.3 Å². The molecule has 0 N–H and O–H groups in total. The highest BCUT2D eigenvalue weighted by atomic mass is 15.1. The minimum absolute atomic E-state index is 0.106. The molecular weight excluding hydrogens is 1030 g/mol. The fraction of sp³-hybridized carbons (Fsp3) is 0.0750. The molecule has 2 aliphatic rings. The lowest BCUT2D eigenvalue weighted by Crippen LogP contribution is -2.15. The minimum atomic E-state index is -0.106. The van der Waals surface area contributed by atoms with Crippen LogP contribution in [0.5, 0.6) is 0 Å². The molecule has 0 spiro atoms. The maximum atomic E-state index is 5.56. The molecule has 12 aromatic carbocycles. The molecule has 0 radical (unpaired) electrons. The summed E-state index contributed by atoms with van der Waals surface area (Å²) in [5.41, 5.74) is 26.3. The zero-order valence-electron chi connectivity index (χ0n) is 47.6. The molecule has 400 valence electrons. The van der Waals surface area contributed by atoms with Gasteiger partial charge in [0.05, 0.1) is 38.6 Å². The largest absolute Gasteiger partial charge is 0.309 e. The fourth-order valence-electron chi connectivity index (χ4n) is 15.1. The Morgan fingerprint density at radius 1 is 0.259 bits per heavy atom. The third-order valence-corrected chi connectivity index (χ3v) is 19.3. The van der Waals surface area contributed by atoms with Gasteiger partial charge in [0.15, 0.2) is 5.82 Å². The quantitative estimate of drug-likeness (QED) is 0.166. The second-order valence-electron chi connectivity index (χ2n) is 24.5. The van der Waals surface area contributed by atoms with Crippen molar-refractivity contribution in [1.29, 1.82) is 0 Å². The van der Waals surface area contributed by atoms with Gasteiger partial charge in [-0.3, -0.25) is 4.57 Å². The first-order chi connectivity index (χ1) is 41.7. The van der Waals surface area contributed by atoms with Gasteiger partial charge < -0.3 is 9.13 Å². The first-order valence-corrected chi connectivity index (χ1v) is 29.6. The first kappa shape index (κ1) is 48.0. The number of para-hydroxylation sites is 3. The average molecular weight is 1090 g/mol. The van der Waals surface area contributed by atoms with Crippen molar-refractivity contribution in [1.82, 2.24) is 23.7 Å². The van der Waals surface area contributed by atoms with Crippen molar-refractivity contribution < 1.29 is 0 Å². The fourth-order valence-corrected chi connectivity index (χ4v) is 15.1. The summed E-state index contributed by atoms with van der Waals surface area (Å²) in [6.07, 6.45) is 0. The zero-order valence-corrected chi connectivity index (χ0v) is 47.6. The van der Waals surface area contributed by atoms with Crippen LogP contribution in [0.1, 0.15) is 49.9 Å². The van der Waals surface area contributed by atoms with Crippen LogP contribution in [-0.4, -0.2) is 23.7 Å². The number of rotatable bonds is 6. The average Bonchev–Trinajstić information content (AvgIpc) is 2.05. The Bertz CT molecular complexity index is 5270. The normalized spacial score (nSPS) is 13.8. The Kier molecular flexibility index (Phi) is 9.85. The Hall–Kier alpha value is -10.6. The number of hydrogen-bond donors (Lipinski definition) is 0. The van der Waals surface area contributed by atoms with Gasteiger partial charge in [0.1, 0.15) is 5.82 Å². The monoisotopic (exact) mass is 1090 g/mol. The van der Waals surface area contributed by atoms with Gasteiger partial charge in [0.25, 0.3) is 0 Å². The van der Waals surface area contributed by atoms with Crippen molar-refractivity contribution in [2.45, 2.75) is 38.5 Å². The highest BCUT2D eigenvalue weighted by molar-refractivity contribution is 6.15. The van der Waals surface area contributed by atoms with E-state index in [4.69, 9.17) is 9.97 Å². The Labute approximate surface area is 492 Å². The molecule has 2 aliphatic carbocycles. The molecule has 18 rings (SSSR count). The van der Waals surface area contributed by atoms with Gasteiger partial charge in [-0.2, -0.15) is 0 Å². The van der Waals surface area contributed by atoms with Gasteiger partial charge in [-0.25, -0.2) is 9.97 Å². The molecule has 0 amide bonds. The van der Waals surface area contributed by atoms with E-state index in [1.807, 2.05) is 6.07 Å². The second kappa shape index (κ2) is 17.5. The van der Waals surface area contributed by atoms with Crippen LogP contribution in [0.4, 0.5) is 0 Å². The van der Waals surface area contributed by atoms with Crippen LogP contribution in [0.15, 0.2) is 261 Å². The van der Waals surface area contributed by atoms with E-state index in [1.54, 1.807) is 0 Å². The first-order valence-electron chi connectivity index (χ1n) is 29.6. The van der Waals surface area contributed by atoms with Crippen molar-refractivity contribution in [3.8, 4) is 73.1 Å². The highest BCUT2D eigenvalue weighted by Gasteiger charge is 2.37. The molecule has 4 heterocycles. The van der Waals surface area contributed by atoms with Crippen LogP contribution in [0.25, 0.3) is 149 Å². The molecule has 0 saturated carbocycles.